The summed E-state index contributed by atoms with van der Waals surface area (Å²) in [6, 6.07) is 0. The first-order chi connectivity index (χ1) is 3.46. The molecule has 0 spiro atoms. The third-order valence-electron chi connectivity index (χ3n) is 0. The maximum Gasteiger partial charge on any atom is 0.0851 e. The summed E-state index contributed by atoms with van der Waals surface area (Å²) in [4.78, 5) is 18.2. The molecule has 0 aliphatic carbocycles. The van der Waals surface area contributed by atoms with Crippen molar-refractivity contribution in [2.24, 2.45) is 0 Å². The summed E-state index contributed by atoms with van der Waals surface area (Å²) in [6.45, 7) is 5.53. The van der Waals surface area contributed by atoms with E-state index in [1.165, 1.54) is 0 Å². The van der Waals surface area contributed by atoms with E-state index >= 15 is 0 Å². The Balaban J connectivity index is -0.0000000720. The van der Waals surface area contributed by atoms with Crippen LogP contribution in [-0.2, 0) is 42.3 Å². The van der Waals surface area contributed by atoms with Crippen LogP contribution in [0.3, 0.4) is 0 Å². The second-order valence-corrected chi connectivity index (χ2v) is 1.55. The molecule has 0 amide bonds. The smallest absolute Gasteiger partial charge is 0.0851 e. The average molecular weight is 244 g/mol. The number of hydrogen-bond acceptors (Lipinski definition) is 2. The SMILES string of the molecule is [CH2-]C(=O)Cl.[CH2-]C(=O)Cl.[Y]. The Bertz CT molecular complexity index is 74.6. The van der Waals surface area contributed by atoms with E-state index in [-0.39, 0.29) is 32.7 Å². The standard InChI is InChI=1S/2C2H2ClO.Y/c2*1-2(3)4;/h2*1H2;/q2*-1;. The first kappa shape index (κ1) is 16.4. The molecule has 9 heavy (non-hydrogen) atoms. The molecule has 0 unspecified atom stereocenters. The van der Waals surface area contributed by atoms with Crippen molar-refractivity contribution in [3.8, 4) is 0 Å². The maximum absolute atomic E-state index is 9.10. The van der Waals surface area contributed by atoms with Gasteiger partial charge in [-0.2, -0.15) is 0 Å². The van der Waals surface area contributed by atoms with Crippen LogP contribution in [0.5, 0.6) is 0 Å². The third-order valence-corrected chi connectivity index (χ3v) is 0. The summed E-state index contributed by atoms with van der Waals surface area (Å²) in [7, 11) is 0. The Kier molecular flexibility index (Phi) is 21.0. The molecule has 0 aromatic carbocycles. The maximum atomic E-state index is 9.10. The first-order valence-corrected chi connectivity index (χ1v) is 2.25. The number of hydrogen-bond donors (Lipinski definition) is 0. The van der Waals surface area contributed by atoms with Gasteiger partial charge >= 0.3 is 0 Å². The van der Waals surface area contributed by atoms with Crippen LogP contribution in [-0.4, -0.2) is 10.5 Å². The Morgan fingerprint density at radius 2 is 1.00 bits per heavy atom. The summed E-state index contributed by atoms with van der Waals surface area (Å²) in [6.07, 6.45) is 0. The van der Waals surface area contributed by atoms with Gasteiger partial charge in [-0.1, -0.05) is 23.2 Å². The van der Waals surface area contributed by atoms with Crippen molar-refractivity contribution >= 4 is 33.7 Å². The van der Waals surface area contributed by atoms with Crippen LogP contribution in [0.4, 0.5) is 0 Å². The van der Waals surface area contributed by atoms with E-state index in [0.717, 1.165) is 0 Å². The van der Waals surface area contributed by atoms with E-state index < -0.39 is 10.5 Å². The number of carbonyl (C=O) groups is 2. The summed E-state index contributed by atoms with van der Waals surface area (Å²) in [5, 5.41) is -1.22. The first-order valence-electron chi connectivity index (χ1n) is 1.49. The molecule has 0 bridgehead atoms. The molecular formula is C4H4Cl2O2Y-2. The van der Waals surface area contributed by atoms with Crippen LogP contribution in [0.15, 0.2) is 0 Å². The molecular weight excluding hydrogens is 240 g/mol. The van der Waals surface area contributed by atoms with Gasteiger partial charge in [-0.05, 0) is 0 Å². The van der Waals surface area contributed by atoms with Crippen LogP contribution in [0, 0.1) is 13.8 Å². The van der Waals surface area contributed by atoms with Crippen molar-refractivity contribution in [2.75, 3.05) is 0 Å². The van der Waals surface area contributed by atoms with Crippen molar-refractivity contribution in [3.63, 3.8) is 0 Å². The molecule has 0 rings (SSSR count). The van der Waals surface area contributed by atoms with Crippen LogP contribution >= 0.6 is 23.2 Å². The monoisotopic (exact) mass is 243 g/mol. The molecule has 0 aliphatic rings. The fourth-order valence-electron chi connectivity index (χ4n) is 0. The van der Waals surface area contributed by atoms with Crippen molar-refractivity contribution in [3.05, 3.63) is 13.8 Å². The molecule has 0 saturated heterocycles. The second-order valence-electron chi connectivity index (χ2n) is 0.710. The molecule has 0 fully saturated rings. The van der Waals surface area contributed by atoms with Crippen LogP contribution in [0.1, 0.15) is 0 Å². The molecule has 0 heterocycles. The number of carbonyl (C=O) groups excluding carboxylic acids is 2. The molecule has 0 aromatic rings. The minimum absolute atomic E-state index is 0. The Hall–Kier alpha value is 0.764. The van der Waals surface area contributed by atoms with E-state index in [4.69, 9.17) is 9.59 Å². The van der Waals surface area contributed by atoms with E-state index in [0.29, 0.717) is 0 Å². The van der Waals surface area contributed by atoms with Gasteiger partial charge < -0.3 is 23.4 Å². The van der Waals surface area contributed by atoms with Gasteiger partial charge in [-0.15, -0.1) is 0 Å². The molecule has 0 saturated carbocycles. The number of halogens is 2. The fourth-order valence-corrected chi connectivity index (χ4v) is 0. The molecule has 0 atom stereocenters. The molecule has 51 valence electrons. The van der Waals surface area contributed by atoms with Gasteiger partial charge in [0.25, 0.3) is 0 Å². The second kappa shape index (κ2) is 11.5. The van der Waals surface area contributed by atoms with Gasteiger partial charge in [0.1, 0.15) is 0 Å². The zero-order chi connectivity index (χ0) is 7.15. The summed E-state index contributed by atoms with van der Waals surface area (Å²) in [5.74, 6) is 0. The Labute approximate surface area is 89.2 Å². The van der Waals surface area contributed by atoms with Crippen LogP contribution in [0.2, 0.25) is 0 Å². The summed E-state index contributed by atoms with van der Waals surface area (Å²) in [5.41, 5.74) is 0. The predicted molar refractivity (Wildman–Crippen MR) is 32.4 cm³/mol. The van der Waals surface area contributed by atoms with E-state index in [1.54, 1.807) is 0 Å². The molecule has 0 N–H and O–H groups in total. The van der Waals surface area contributed by atoms with Gasteiger partial charge in [-0.25, -0.2) is 0 Å². The fraction of sp³-hybridized carbons (Fsp3) is 0. The molecule has 0 aliphatic heterocycles. The molecule has 2 nitrogen and oxygen atoms in total. The molecule has 0 aromatic heterocycles. The topological polar surface area (TPSA) is 34.1 Å². The number of rotatable bonds is 0. The zero-order valence-corrected chi connectivity index (χ0v) is 8.91. The summed E-state index contributed by atoms with van der Waals surface area (Å²) < 4.78 is 0. The van der Waals surface area contributed by atoms with Gasteiger partial charge in [0.15, 0.2) is 0 Å². The normalized spacial score (nSPS) is 5.56. The predicted octanol–water partition coefficient (Wildman–Crippen LogP) is 1.17. The van der Waals surface area contributed by atoms with Gasteiger partial charge in [0.2, 0.25) is 0 Å². The van der Waals surface area contributed by atoms with Crippen molar-refractivity contribution in [1.29, 1.82) is 0 Å². The van der Waals surface area contributed by atoms with Gasteiger partial charge in [0.05, 0.1) is 10.5 Å². The Morgan fingerprint density at radius 1 is 1.00 bits per heavy atom. The van der Waals surface area contributed by atoms with Crippen LogP contribution in [0.25, 0.3) is 0 Å². The zero-order valence-electron chi connectivity index (χ0n) is 4.56. The van der Waals surface area contributed by atoms with Gasteiger partial charge in [-0.3, -0.25) is 0 Å². The van der Waals surface area contributed by atoms with E-state index in [2.05, 4.69) is 37.0 Å². The average Bonchev–Trinajstić information content (AvgIpc) is 1.25. The Morgan fingerprint density at radius 3 is 1.00 bits per heavy atom. The van der Waals surface area contributed by atoms with E-state index in [1.807, 2.05) is 0 Å². The third kappa shape index (κ3) is 687. The largest absolute Gasteiger partial charge is 0.323 e. The van der Waals surface area contributed by atoms with Crippen molar-refractivity contribution in [2.45, 2.75) is 0 Å². The van der Waals surface area contributed by atoms with Crippen molar-refractivity contribution in [1.82, 2.24) is 0 Å². The molecule has 1 radical (unpaired) electrons. The quantitative estimate of drug-likeness (QED) is 0.473. The van der Waals surface area contributed by atoms with Crippen molar-refractivity contribution < 1.29 is 42.3 Å². The minimum atomic E-state index is -0.611. The van der Waals surface area contributed by atoms with Crippen LogP contribution < -0.4 is 0 Å². The summed E-state index contributed by atoms with van der Waals surface area (Å²) >= 11 is 9.05. The van der Waals surface area contributed by atoms with E-state index in [9.17, 15) is 0 Å². The van der Waals surface area contributed by atoms with Gasteiger partial charge in [0, 0.05) is 32.7 Å². The molecule has 5 heteroatoms. The minimum Gasteiger partial charge on any atom is -0.323 e.